The van der Waals surface area contributed by atoms with Crippen LogP contribution < -0.4 is 15.4 Å². The maximum Gasteiger partial charge on any atom is 0.343 e. The molecule has 0 radical (unpaired) electrons. The van der Waals surface area contributed by atoms with Crippen LogP contribution in [0.5, 0.6) is 5.75 Å². The van der Waals surface area contributed by atoms with E-state index < -0.39 is 11.9 Å². The highest BCUT2D eigenvalue weighted by molar-refractivity contribution is 5.98. The summed E-state index contributed by atoms with van der Waals surface area (Å²) in [7, 11) is 3.21. The predicted molar refractivity (Wildman–Crippen MR) is 107 cm³/mol. The molecule has 29 heavy (non-hydrogen) atoms. The van der Waals surface area contributed by atoms with Crippen molar-refractivity contribution in [3.8, 4) is 5.75 Å². The van der Waals surface area contributed by atoms with Crippen LogP contribution in [0.15, 0.2) is 48.5 Å². The van der Waals surface area contributed by atoms with Crippen LogP contribution in [0.3, 0.4) is 0 Å². The number of hydrogen-bond acceptors (Lipinski definition) is 5. The molecule has 0 fully saturated rings. The Hall–Kier alpha value is -3.88. The summed E-state index contributed by atoms with van der Waals surface area (Å²) in [4.78, 5) is 37.6. The highest BCUT2D eigenvalue weighted by Crippen LogP contribution is 2.18. The lowest BCUT2D eigenvalue weighted by Crippen LogP contribution is -2.43. The van der Waals surface area contributed by atoms with Crippen LogP contribution in [0.2, 0.25) is 0 Å². The lowest BCUT2D eigenvalue weighted by Gasteiger charge is -2.23. The molecule has 2 aromatic rings. The van der Waals surface area contributed by atoms with Gasteiger partial charge in [0.2, 0.25) is 5.91 Å². The number of ether oxygens (including phenoxy) is 1. The van der Waals surface area contributed by atoms with Crippen molar-refractivity contribution in [2.45, 2.75) is 6.42 Å². The number of benzene rings is 2. The van der Waals surface area contributed by atoms with Gasteiger partial charge in [-0.05, 0) is 42.0 Å². The molecule has 0 atom stereocenters. The van der Waals surface area contributed by atoms with E-state index in [0.29, 0.717) is 11.3 Å². The molecule has 0 unspecified atom stereocenters. The Morgan fingerprint density at radius 1 is 1.03 bits per heavy atom. The van der Waals surface area contributed by atoms with Gasteiger partial charge < -0.3 is 25.4 Å². The molecule has 0 aliphatic rings. The molecule has 2 rings (SSSR count). The van der Waals surface area contributed by atoms with Crippen molar-refractivity contribution in [3.05, 3.63) is 59.7 Å². The third kappa shape index (κ3) is 6.06. The molecular weight excluding hydrogens is 376 g/mol. The van der Waals surface area contributed by atoms with Crippen LogP contribution in [0, 0.1) is 5.41 Å². The summed E-state index contributed by atoms with van der Waals surface area (Å²) in [6.45, 7) is -0.102. The second-order valence-corrected chi connectivity index (χ2v) is 6.41. The summed E-state index contributed by atoms with van der Waals surface area (Å²) in [6.07, 6.45) is -0.112. The molecule has 0 aliphatic carbocycles. The molecule has 1 amide bonds. The molecule has 0 bridgehead atoms. The zero-order valence-electron chi connectivity index (χ0n) is 16.1. The first-order chi connectivity index (χ1) is 13.7. The SMILES string of the molecule is CN(C)C(=O)CN(C(=N)N)c1ccc(C(=O)Oc2ccc(CC(=O)O)cc2)cc1. The maximum atomic E-state index is 12.3. The van der Waals surface area contributed by atoms with Gasteiger partial charge in [-0.3, -0.25) is 15.0 Å². The molecule has 0 heterocycles. The minimum atomic E-state index is -0.943. The van der Waals surface area contributed by atoms with E-state index in [1.165, 1.54) is 34.1 Å². The van der Waals surface area contributed by atoms with Gasteiger partial charge in [-0.1, -0.05) is 12.1 Å². The molecule has 2 aromatic carbocycles. The minimum absolute atomic E-state index is 0.102. The number of anilines is 1. The van der Waals surface area contributed by atoms with Gasteiger partial charge in [0.25, 0.3) is 0 Å². The minimum Gasteiger partial charge on any atom is -0.481 e. The number of aliphatic carboxylic acids is 1. The third-order valence-corrected chi connectivity index (χ3v) is 3.99. The van der Waals surface area contributed by atoms with Crippen LogP contribution in [0.4, 0.5) is 5.69 Å². The summed E-state index contributed by atoms with van der Waals surface area (Å²) in [5.74, 6) is -1.77. The topological polar surface area (TPSA) is 137 Å². The fraction of sp³-hybridized carbons (Fsp3) is 0.200. The maximum absolute atomic E-state index is 12.3. The van der Waals surface area contributed by atoms with Crippen molar-refractivity contribution in [1.29, 1.82) is 5.41 Å². The van der Waals surface area contributed by atoms with Gasteiger partial charge in [-0.25, -0.2) is 4.79 Å². The number of nitrogens with zero attached hydrogens (tertiary/aromatic N) is 2. The van der Waals surface area contributed by atoms with E-state index in [2.05, 4.69) is 0 Å². The number of esters is 1. The zero-order chi connectivity index (χ0) is 21.6. The number of nitrogens with two attached hydrogens (primary N) is 1. The zero-order valence-corrected chi connectivity index (χ0v) is 16.1. The largest absolute Gasteiger partial charge is 0.481 e. The van der Waals surface area contributed by atoms with Crippen molar-refractivity contribution in [2.75, 3.05) is 25.5 Å². The first-order valence-corrected chi connectivity index (χ1v) is 8.62. The van der Waals surface area contributed by atoms with E-state index in [1.807, 2.05) is 0 Å². The molecule has 0 aromatic heterocycles. The van der Waals surface area contributed by atoms with Crippen molar-refractivity contribution < 1.29 is 24.2 Å². The molecule has 0 saturated heterocycles. The van der Waals surface area contributed by atoms with Gasteiger partial charge in [-0.2, -0.15) is 0 Å². The third-order valence-electron chi connectivity index (χ3n) is 3.99. The fourth-order valence-corrected chi connectivity index (χ4v) is 2.39. The average Bonchev–Trinajstić information content (AvgIpc) is 2.66. The Bertz CT molecular complexity index is 907. The van der Waals surface area contributed by atoms with E-state index in [4.69, 9.17) is 21.0 Å². The van der Waals surface area contributed by atoms with E-state index >= 15 is 0 Å². The second kappa shape index (κ2) is 9.36. The number of likely N-dealkylation sites (N-methyl/N-ethyl adjacent to an activating group) is 1. The van der Waals surface area contributed by atoms with Gasteiger partial charge >= 0.3 is 11.9 Å². The Balaban J connectivity index is 2.08. The lowest BCUT2D eigenvalue weighted by molar-refractivity contribution is -0.136. The number of guanidine groups is 1. The number of hydrogen-bond donors (Lipinski definition) is 3. The van der Waals surface area contributed by atoms with E-state index in [-0.39, 0.29) is 36.1 Å². The van der Waals surface area contributed by atoms with Crippen molar-refractivity contribution in [3.63, 3.8) is 0 Å². The summed E-state index contributed by atoms with van der Waals surface area (Å²) in [5, 5.41) is 16.4. The highest BCUT2D eigenvalue weighted by atomic mass is 16.5. The van der Waals surface area contributed by atoms with Crippen molar-refractivity contribution in [1.82, 2.24) is 4.90 Å². The standard InChI is InChI=1S/C20H22N4O5/c1-23(2)17(25)12-24(20(21)22)15-7-5-14(6-8-15)19(28)29-16-9-3-13(4-10-16)11-18(26)27/h3-10H,11-12H2,1-2H3,(H3,21,22)(H,26,27). The van der Waals surface area contributed by atoms with E-state index in [1.54, 1.807) is 38.4 Å². The van der Waals surface area contributed by atoms with Crippen molar-refractivity contribution in [2.24, 2.45) is 5.73 Å². The molecule has 9 heteroatoms. The number of carbonyl (C=O) groups excluding carboxylic acids is 2. The number of carbonyl (C=O) groups is 3. The van der Waals surface area contributed by atoms with Gasteiger partial charge in [0.15, 0.2) is 5.96 Å². The molecule has 0 saturated carbocycles. The van der Waals surface area contributed by atoms with Gasteiger partial charge in [0, 0.05) is 19.8 Å². The van der Waals surface area contributed by atoms with E-state index in [9.17, 15) is 14.4 Å². The lowest BCUT2D eigenvalue weighted by atomic mass is 10.1. The Morgan fingerprint density at radius 3 is 2.10 bits per heavy atom. The number of carboxylic acid groups (broad SMARTS) is 1. The fourth-order valence-electron chi connectivity index (χ4n) is 2.39. The number of nitrogens with one attached hydrogen (secondary N) is 1. The first-order valence-electron chi connectivity index (χ1n) is 8.62. The van der Waals surface area contributed by atoms with Crippen LogP contribution in [-0.2, 0) is 16.0 Å². The molecular formula is C20H22N4O5. The Labute approximate surface area is 167 Å². The monoisotopic (exact) mass is 398 g/mol. The Kier molecular flexibility index (Phi) is 6.91. The second-order valence-electron chi connectivity index (χ2n) is 6.41. The predicted octanol–water partition coefficient (Wildman–Crippen LogP) is 1.32. The van der Waals surface area contributed by atoms with Crippen LogP contribution in [0.1, 0.15) is 15.9 Å². The molecule has 0 spiro atoms. The van der Waals surface area contributed by atoms with Gasteiger partial charge in [-0.15, -0.1) is 0 Å². The van der Waals surface area contributed by atoms with Crippen LogP contribution >= 0.6 is 0 Å². The number of amides is 1. The molecule has 0 aliphatic heterocycles. The highest BCUT2D eigenvalue weighted by Gasteiger charge is 2.17. The summed E-state index contributed by atoms with van der Waals surface area (Å²) >= 11 is 0. The average molecular weight is 398 g/mol. The quantitative estimate of drug-likeness (QED) is 0.277. The Morgan fingerprint density at radius 2 is 1.62 bits per heavy atom. The number of carboxylic acids is 1. The van der Waals surface area contributed by atoms with Crippen LogP contribution in [0.25, 0.3) is 0 Å². The summed E-state index contributed by atoms with van der Waals surface area (Å²) in [5.41, 5.74) is 6.92. The number of rotatable bonds is 7. The summed E-state index contributed by atoms with van der Waals surface area (Å²) < 4.78 is 5.28. The molecule has 152 valence electrons. The van der Waals surface area contributed by atoms with Crippen molar-refractivity contribution >= 4 is 29.5 Å². The molecule has 4 N–H and O–H groups in total. The summed E-state index contributed by atoms with van der Waals surface area (Å²) in [6, 6.07) is 12.3. The first kappa shape index (κ1) is 21.4. The van der Waals surface area contributed by atoms with E-state index in [0.717, 1.165) is 0 Å². The normalized spacial score (nSPS) is 10.1. The molecule has 9 nitrogen and oxygen atoms in total. The van der Waals surface area contributed by atoms with Gasteiger partial charge in [0.1, 0.15) is 12.3 Å². The van der Waals surface area contributed by atoms with Crippen LogP contribution in [-0.4, -0.2) is 54.5 Å². The smallest absolute Gasteiger partial charge is 0.343 e. The van der Waals surface area contributed by atoms with Gasteiger partial charge in [0.05, 0.1) is 12.0 Å².